The number of nitrogens with two attached hydrogens (primary N) is 1. The van der Waals surface area contributed by atoms with E-state index in [-0.39, 0.29) is 6.04 Å². The second-order valence-corrected chi connectivity index (χ2v) is 6.91. The van der Waals surface area contributed by atoms with Crippen molar-refractivity contribution in [2.45, 2.75) is 30.7 Å². The van der Waals surface area contributed by atoms with Crippen LogP contribution in [0.4, 0.5) is 5.69 Å². The topological polar surface area (TPSA) is 75.4 Å². The highest BCUT2D eigenvalue weighted by molar-refractivity contribution is 7.89. The molecule has 19 heavy (non-hydrogen) atoms. The Labute approximate surface area is 114 Å². The van der Waals surface area contributed by atoms with Crippen LogP contribution in [0.2, 0.25) is 0 Å². The number of piperidine rings is 1. The SMILES string of the molecule is Cc1cc(N)ccc1S(=O)(=O)NC1CCN(C)CC1. The van der Waals surface area contributed by atoms with E-state index in [1.54, 1.807) is 25.1 Å². The van der Waals surface area contributed by atoms with Gasteiger partial charge in [-0.15, -0.1) is 0 Å². The molecule has 5 nitrogen and oxygen atoms in total. The predicted molar refractivity (Wildman–Crippen MR) is 76.4 cm³/mol. The second-order valence-electron chi connectivity index (χ2n) is 5.22. The van der Waals surface area contributed by atoms with Crippen molar-refractivity contribution in [2.24, 2.45) is 0 Å². The number of nitrogens with zero attached hydrogens (tertiary/aromatic N) is 1. The molecule has 1 fully saturated rings. The molecular formula is C13H21N3O2S. The lowest BCUT2D eigenvalue weighted by atomic mass is 10.1. The molecule has 0 saturated carbocycles. The van der Waals surface area contributed by atoms with Gasteiger partial charge >= 0.3 is 0 Å². The molecule has 0 atom stereocenters. The van der Waals surface area contributed by atoms with Crippen LogP contribution in [0.5, 0.6) is 0 Å². The Morgan fingerprint density at radius 3 is 2.53 bits per heavy atom. The van der Waals surface area contributed by atoms with Crippen molar-refractivity contribution in [3.63, 3.8) is 0 Å². The zero-order chi connectivity index (χ0) is 14.0. The molecule has 6 heteroatoms. The van der Waals surface area contributed by atoms with E-state index in [4.69, 9.17) is 5.73 Å². The highest BCUT2D eigenvalue weighted by Gasteiger charge is 2.24. The van der Waals surface area contributed by atoms with Crippen molar-refractivity contribution in [3.05, 3.63) is 23.8 Å². The van der Waals surface area contributed by atoms with E-state index in [9.17, 15) is 8.42 Å². The number of nitrogen functional groups attached to an aromatic ring is 1. The molecule has 1 aromatic rings. The van der Waals surface area contributed by atoms with Crippen molar-refractivity contribution in [1.82, 2.24) is 9.62 Å². The van der Waals surface area contributed by atoms with E-state index < -0.39 is 10.0 Å². The zero-order valence-corrected chi connectivity index (χ0v) is 12.2. The summed E-state index contributed by atoms with van der Waals surface area (Å²) in [7, 11) is -1.40. The Hall–Kier alpha value is -1.11. The molecule has 1 aliphatic rings. The molecule has 0 radical (unpaired) electrons. The quantitative estimate of drug-likeness (QED) is 0.810. The van der Waals surface area contributed by atoms with Gasteiger partial charge in [0.05, 0.1) is 4.90 Å². The summed E-state index contributed by atoms with van der Waals surface area (Å²) in [6.45, 7) is 3.61. The molecule has 2 rings (SSSR count). The third kappa shape index (κ3) is 3.46. The van der Waals surface area contributed by atoms with E-state index in [0.717, 1.165) is 25.9 Å². The summed E-state index contributed by atoms with van der Waals surface area (Å²) in [5.41, 5.74) is 6.91. The van der Waals surface area contributed by atoms with Crippen LogP contribution in [0.1, 0.15) is 18.4 Å². The Balaban J connectivity index is 2.14. The summed E-state index contributed by atoms with van der Waals surface area (Å²) in [5, 5.41) is 0. The Morgan fingerprint density at radius 1 is 1.32 bits per heavy atom. The first-order chi connectivity index (χ1) is 8.88. The van der Waals surface area contributed by atoms with Crippen molar-refractivity contribution in [1.29, 1.82) is 0 Å². The number of sulfonamides is 1. The maximum Gasteiger partial charge on any atom is 0.241 e. The van der Waals surface area contributed by atoms with Gasteiger partial charge in [0.15, 0.2) is 0 Å². The van der Waals surface area contributed by atoms with Gasteiger partial charge in [-0.3, -0.25) is 0 Å². The van der Waals surface area contributed by atoms with Gasteiger partial charge in [-0.05, 0) is 63.7 Å². The molecule has 1 saturated heterocycles. The number of benzene rings is 1. The van der Waals surface area contributed by atoms with Gasteiger partial charge in [-0.25, -0.2) is 13.1 Å². The Kier molecular flexibility index (Phi) is 4.13. The van der Waals surface area contributed by atoms with Gasteiger partial charge < -0.3 is 10.6 Å². The lowest BCUT2D eigenvalue weighted by Gasteiger charge is -2.29. The monoisotopic (exact) mass is 283 g/mol. The van der Waals surface area contributed by atoms with Crippen LogP contribution < -0.4 is 10.5 Å². The fourth-order valence-corrected chi connectivity index (χ4v) is 3.91. The standard InChI is InChI=1S/C13H21N3O2S/c1-10-9-11(14)3-4-13(10)19(17,18)15-12-5-7-16(2)8-6-12/h3-4,9,12,15H,5-8,14H2,1-2H3. The summed E-state index contributed by atoms with van der Waals surface area (Å²) < 4.78 is 27.5. The summed E-state index contributed by atoms with van der Waals surface area (Å²) in [6, 6.07) is 4.90. The molecule has 0 aliphatic carbocycles. The summed E-state index contributed by atoms with van der Waals surface area (Å²) in [4.78, 5) is 2.53. The van der Waals surface area contributed by atoms with Crippen LogP contribution in [0.3, 0.4) is 0 Å². The smallest absolute Gasteiger partial charge is 0.241 e. The van der Waals surface area contributed by atoms with Gasteiger partial charge in [0.2, 0.25) is 10.0 Å². The number of hydrogen-bond acceptors (Lipinski definition) is 4. The second kappa shape index (κ2) is 5.48. The van der Waals surface area contributed by atoms with Crippen molar-refractivity contribution >= 4 is 15.7 Å². The van der Waals surface area contributed by atoms with Crippen LogP contribution in [0.25, 0.3) is 0 Å². The molecule has 1 aliphatic heterocycles. The third-order valence-corrected chi connectivity index (χ3v) is 5.21. The first kappa shape index (κ1) is 14.3. The molecule has 106 valence electrons. The minimum atomic E-state index is -3.45. The van der Waals surface area contributed by atoms with Crippen molar-refractivity contribution < 1.29 is 8.42 Å². The average Bonchev–Trinajstić information content (AvgIpc) is 2.31. The Bertz CT molecular complexity index is 549. The molecular weight excluding hydrogens is 262 g/mol. The van der Waals surface area contributed by atoms with E-state index in [1.807, 2.05) is 0 Å². The predicted octanol–water partition coefficient (Wildman–Crippen LogP) is 0.950. The van der Waals surface area contributed by atoms with Crippen LogP contribution in [-0.2, 0) is 10.0 Å². The number of anilines is 1. The van der Waals surface area contributed by atoms with E-state index in [2.05, 4.69) is 16.7 Å². The summed E-state index contributed by atoms with van der Waals surface area (Å²) >= 11 is 0. The molecule has 0 spiro atoms. The van der Waals surface area contributed by atoms with Gasteiger partial charge in [-0.2, -0.15) is 0 Å². The van der Waals surface area contributed by atoms with Gasteiger partial charge in [-0.1, -0.05) is 0 Å². The first-order valence-electron chi connectivity index (χ1n) is 6.45. The number of rotatable bonds is 3. The van der Waals surface area contributed by atoms with E-state index in [1.165, 1.54) is 0 Å². The van der Waals surface area contributed by atoms with Crippen LogP contribution in [-0.4, -0.2) is 39.5 Å². The highest BCUT2D eigenvalue weighted by Crippen LogP contribution is 2.19. The fraction of sp³-hybridized carbons (Fsp3) is 0.538. The number of nitrogens with one attached hydrogen (secondary N) is 1. The van der Waals surface area contributed by atoms with Crippen molar-refractivity contribution in [3.8, 4) is 0 Å². The summed E-state index contributed by atoms with van der Waals surface area (Å²) in [6.07, 6.45) is 1.70. The molecule has 0 unspecified atom stereocenters. The lowest BCUT2D eigenvalue weighted by molar-refractivity contribution is 0.248. The molecule has 1 aromatic carbocycles. The van der Waals surface area contributed by atoms with Crippen molar-refractivity contribution in [2.75, 3.05) is 25.9 Å². The molecule has 0 bridgehead atoms. The summed E-state index contributed by atoms with van der Waals surface area (Å²) in [5.74, 6) is 0. The average molecular weight is 283 g/mol. The normalized spacial score (nSPS) is 18.6. The van der Waals surface area contributed by atoms with Gasteiger partial charge in [0.1, 0.15) is 0 Å². The van der Waals surface area contributed by atoms with Gasteiger partial charge in [0.25, 0.3) is 0 Å². The minimum Gasteiger partial charge on any atom is -0.399 e. The van der Waals surface area contributed by atoms with E-state index in [0.29, 0.717) is 16.1 Å². The van der Waals surface area contributed by atoms with Crippen LogP contribution in [0.15, 0.2) is 23.1 Å². The number of hydrogen-bond donors (Lipinski definition) is 2. The van der Waals surface area contributed by atoms with Crippen LogP contribution in [0, 0.1) is 6.92 Å². The molecule has 0 amide bonds. The lowest BCUT2D eigenvalue weighted by Crippen LogP contribution is -2.43. The highest BCUT2D eigenvalue weighted by atomic mass is 32.2. The Morgan fingerprint density at radius 2 is 1.95 bits per heavy atom. The van der Waals surface area contributed by atoms with E-state index >= 15 is 0 Å². The number of likely N-dealkylation sites (tertiary alicyclic amines) is 1. The van der Waals surface area contributed by atoms with Crippen LogP contribution >= 0.6 is 0 Å². The van der Waals surface area contributed by atoms with Gasteiger partial charge in [0, 0.05) is 11.7 Å². The largest absolute Gasteiger partial charge is 0.399 e. The fourth-order valence-electron chi connectivity index (χ4n) is 2.38. The third-order valence-electron chi connectivity index (χ3n) is 3.53. The first-order valence-corrected chi connectivity index (χ1v) is 7.94. The minimum absolute atomic E-state index is 0.0261. The zero-order valence-electron chi connectivity index (χ0n) is 11.4. The maximum absolute atomic E-state index is 12.3. The molecule has 3 N–H and O–H groups in total. The number of aryl methyl sites for hydroxylation is 1. The molecule has 0 aromatic heterocycles. The maximum atomic E-state index is 12.3. The molecule has 1 heterocycles.